The second-order valence-electron chi connectivity index (χ2n) is 1.96. The summed E-state index contributed by atoms with van der Waals surface area (Å²) in [6.07, 6.45) is 1.14. The Morgan fingerprint density at radius 1 is 1.88 bits per heavy atom. The van der Waals surface area contributed by atoms with E-state index in [0.717, 1.165) is 12.2 Å². The summed E-state index contributed by atoms with van der Waals surface area (Å²) in [7, 11) is 0. The van der Waals surface area contributed by atoms with Crippen LogP contribution in [0.15, 0.2) is 4.99 Å². The van der Waals surface area contributed by atoms with E-state index in [1.54, 1.807) is 0 Å². The van der Waals surface area contributed by atoms with Crippen LogP contribution >= 0.6 is 11.8 Å². The van der Waals surface area contributed by atoms with Gasteiger partial charge in [-0.25, -0.2) is 0 Å². The minimum absolute atomic E-state index is 0.532. The second-order valence-corrected chi connectivity index (χ2v) is 3.26. The fourth-order valence-corrected chi connectivity index (χ4v) is 1.68. The van der Waals surface area contributed by atoms with Gasteiger partial charge in [-0.15, -0.1) is 11.8 Å². The molecule has 0 radical (unpaired) electrons. The first-order chi connectivity index (χ1) is 3.83. The maximum atomic E-state index is 4.39. The van der Waals surface area contributed by atoms with Crippen molar-refractivity contribution < 1.29 is 0 Å². The van der Waals surface area contributed by atoms with Gasteiger partial charge in [-0.2, -0.15) is 0 Å². The van der Waals surface area contributed by atoms with Crippen LogP contribution in [0.5, 0.6) is 0 Å². The third-order valence-electron chi connectivity index (χ3n) is 1.26. The summed E-state index contributed by atoms with van der Waals surface area (Å²) in [5.74, 6) is 1.16. The van der Waals surface area contributed by atoms with Crippen LogP contribution in [0.2, 0.25) is 0 Å². The zero-order valence-corrected chi connectivity index (χ0v) is 6.16. The zero-order chi connectivity index (χ0) is 5.98. The molecule has 1 atom stereocenters. The SMILES string of the molecule is CCC1=NC(C)SC1. The van der Waals surface area contributed by atoms with Gasteiger partial charge in [-0.05, 0) is 13.3 Å². The minimum Gasteiger partial charge on any atom is -0.279 e. The molecule has 1 rings (SSSR count). The van der Waals surface area contributed by atoms with Crippen molar-refractivity contribution in [1.29, 1.82) is 0 Å². The lowest BCUT2D eigenvalue weighted by Crippen LogP contribution is -1.91. The van der Waals surface area contributed by atoms with E-state index in [2.05, 4.69) is 18.8 Å². The van der Waals surface area contributed by atoms with Crippen molar-refractivity contribution in [3.63, 3.8) is 0 Å². The predicted octanol–water partition coefficient (Wildman–Crippen LogP) is 1.93. The lowest BCUT2D eigenvalue weighted by molar-refractivity contribution is 1.05. The lowest BCUT2D eigenvalue weighted by atomic mass is 10.3. The molecule has 0 aliphatic carbocycles. The highest BCUT2D eigenvalue weighted by molar-refractivity contribution is 8.00. The van der Waals surface area contributed by atoms with Gasteiger partial charge in [0.1, 0.15) is 0 Å². The number of rotatable bonds is 1. The molecule has 0 aromatic carbocycles. The largest absolute Gasteiger partial charge is 0.279 e. The van der Waals surface area contributed by atoms with Crippen LogP contribution < -0.4 is 0 Å². The summed E-state index contributed by atoms with van der Waals surface area (Å²) in [5.41, 5.74) is 1.38. The highest BCUT2D eigenvalue weighted by Crippen LogP contribution is 2.19. The van der Waals surface area contributed by atoms with Crippen molar-refractivity contribution in [3.05, 3.63) is 0 Å². The summed E-state index contributed by atoms with van der Waals surface area (Å²) in [6, 6.07) is 0. The first kappa shape index (κ1) is 6.14. The third-order valence-corrected chi connectivity index (χ3v) is 2.35. The van der Waals surface area contributed by atoms with Crippen molar-refractivity contribution in [2.75, 3.05) is 5.75 Å². The topological polar surface area (TPSA) is 12.4 Å². The number of aliphatic imine (C=N–C) groups is 1. The maximum absolute atomic E-state index is 4.39. The van der Waals surface area contributed by atoms with E-state index in [9.17, 15) is 0 Å². The van der Waals surface area contributed by atoms with Gasteiger partial charge in [-0.1, -0.05) is 6.92 Å². The van der Waals surface area contributed by atoms with Gasteiger partial charge >= 0.3 is 0 Å². The summed E-state index contributed by atoms with van der Waals surface area (Å²) < 4.78 is 0. The highest BCUT2D eigenvalue weighted by Gasteiger charge is 2.10. The Balaban J connectivity index is 2.44. The maximum Gasteiger partial charge on any atom is 0.0926 e. The standard InChI is InChI=1S/C6H11NS/c1-3-6-4-8-5(2)7-6/h5H,3-4H2,1-2H3. The monoisotopic (exact) mass is 129 g/mol. The molecule has 8 heavy (non-hydrogen) atoms. The zero-order valence-electron chi connectivity index (χ0n) is 5.35. The van der Waals surface area contributed by atoms with Crippen molar-refractivity contribution in [2.24, 2.45) is 4.99 Å². The van der Waals surface area contributed by atoms with Crippen LogP contribution in [-0.4, -0.2) is 16.8 Å². The fraction of sp³-hybridized carbons (Fsp3) is 0.833. The van der Waals surface area contributed by atoms with E-state index in [1.165, 1.54) is 5.71 Å². The molecular formula is C6H11NS. The normalized spacial score (nSPS) is 28.2. The number of hydrogen-bond donors (Lipinski definition) is 0. The summed E-state index contributed by atoms with van der Waals surface area (Å²) in [4.78, 5) is 4.39. The molecule has 1 unspecified atom stereocenters. The summed E-state index contributed by atoms with van der Waals surface area (Å²) in [5, 5.41) is 0.532. The van der Waals surface area contributed by atoms with E-state index in [1.807, 2.05) is 11.8 Å². The second kappa shape index (κ2) is 2.53. The van der Waals surface area contributed by atoms with Crippen LogP contribution in [-0.2, 0) is 0 Å². The van der Waals surface area contributed by atoms with E-state index < -0.39 is 0 Å². The highest BCUT2D eigenvalue weighted by atomic mass is 32.2. The van der Waals surface area contributed by atoms with Crippen LogP contribution in [0.25, 0.3) is 0 Å². The third kappa shape index (κ3) is 1.25. The minimum atomic E-state index is 0.532. The van der Waals surface area contributed by atoms with Gasteiger partial charge in [0.15, 0.2) is 0 Å². The number of thioether (sulfide) groups is 1. The molecule has 1 aliphatic rings. The van der Waals surface area contributed by atoms with Gasteiger partial charge in [0.2, 0.25) is 0 Å². The van der Waals surface area contributed by atoms with E-state index in [0.29, 0.717) is 5.37 Å². The Bertz CT molecular complexity index is 109. The Labute approximate surface area is 54.6 Å². The van der Waals surface area contributed by atoms with Crippen LogP contribution in [0.1, 0.15) is 20.3 Å². The van der Waals surface area contributed by atoms with Crippen molar-refractivity contribution in [3.8, 4) is 0 Å². The van der Waals surface area contributed by atoms with Gasteiger partial charge in [-0.3, -0.25) is 4.99 Å². The molecule has 0 saturated heterocycles. The van der Waals surface area contributed by atoms with E-state index in [4.69, 9.17) is 0 Å². The predicted molar refractivity (Wildman–Crippen MR) is 39.6 cm³/mol. The van der Waals surface area contributed by atoms with Gasteiger partial charge < -0.3 is 0 Å². The molecule has 0 saturated carbocycles. The first-order valence-electron chi connectivity index (χ1n) is 3.00. The average Bonchev–Trinajstić information content (AvgIpc) is 2.14. The molecule has 1 aliphatic heterocycles. The molecule has 0 aromatic heterocycles. The molecule has 0 amide bonds. The Hall–Kier alpha value is 0.0200. The number of hydrogen-bond acceptors (Lipinski definition) is 2. The van der Waals surface area contributed by atoms with Gasteiger partial charge in [0.25, 0.3) is 0 Å². The lowest BCUT2D eigenvalue weighted by Gasteiger charge is -1.88. The summed E-state index contributed by atoms with van der Waals surface area (Å²) >= 11 is 1.93. The Morgan fingerprint density at radius 2 is 2.62 bits per heavy atom. The van der Waals surface area contributed by atoms with Gasteiger partial charge in [0.05, 0.1) is 5.37 Å². The Kier molecular flexibility index (Phi) is 1.95. The van der Waals surface area contributed by atoms with Crippen LogP contribution in [0.3, 0.4) is 0 Å². The number of nitrogens with zero attached hydrogens (tertiary/aromatic N) is 1. The molecule has 0 spiro atoms. The van der Waals surface area contributed by atoms with Gasteiger partial charge in [0, 0.05) is 11.5 Å². The molecule has 0 bridgehead atoms. The summed E-state index contributed by atoms with van der Waals surface area (Å²) in [6.45, 7) is 4.31. The molecule has 0 N–H and O–H groups in total. The molecule has 0 fully saturated rings. The molecule has 1 heterocycles. The van der Waals surface area contributed by atoms with Crippen molar-refractivity contribution >= 4 is 17.5 Å². The first-order valence-corrected chi connectivity index (χ1v) is 4.05. The molecule has 0 aromatic rings. The average molecular weight is 129 g/mol. The fourth-order valence-electron chi connectivity index (χ4n) is 0.742. The molecule has 1 nitrogen and oxygen atoms in total. The molecular weight excluding hydrogens is 118 g/mol. The van der Waals surface area contributed by atoms with Crippen molar-refractivity contribution in [2.45, 2.75) is 25.6 Å². The van der Waals surface area contributed by atoms with Crippen molar-refractivity contribution in [1.82, 2.24) is 0 Å². The Morgan fingerprint density at radius 3 is 2.88 bits per heavy atom. The van der Waals surface area contributed by atoms with Crippen LogP contribution in [0, 0.1) is 0 Å². The van der Waals surface area contributed by atoms with E-state index in [-0.39, 0.29) is 0 Å². The van der Waals surface area contributed by atoms with E-state index >= 15 is 0 Å². The molecule has 46 valence electrons. The molecule has 2 heteroatoms. The quantitative estimate of drug-likeness (QED) is 0.527. The smallest absolute Gasteiger partial charge is 0.0926 e. The van der Waals surface area contributed by atoms with Crippen LogP contribution in [0.4, 0.5) is 0 Å².